The van der Waals surface area contributed by atoms with Crippen LogP contribution >= 0.6 is 11.3 Å². The van der Waals surface area contributed by atoms with Gasteiger partial charge in [0, 0.05) is 4.88 Å². The molecule has 1 aromatic heterocycles. The van der Waals surface area contributed by atoms with Crippen LogP contribution in [0.15, 0.2) is 18.2 Å². The van der Waals surface area contributed by atoms with E-state index in [4.69, 9.17) is 10.5 Å². The number of thiophene rings is 1. The van der Waals surface area contributed by atoms with Gasteiger partial charge in [0.05, 0.1) is 12.3 Å². The lowest BCUT2D eigenvalue weighted by Crippen LogP contribution is -2.05. The lowest BCUT2D eigenvalue weighted by Gasteiger charge is -2.05. The zero-order chi connectivity index (χ0) is 15.6. The number of rotatable bonds is 4. The van der Waals surface area contributed by atoms with Crippen molar-refractivity contribution in [1.82, 2.24) is 0 Å². The van der Waals surface area contributed by atoms with Crippen molar-refractivity contribution in [1.29, 1.82) is 0 Å². The lowest BCUT2D eigenvalue weighted by molar-refractivity contribution is 0.0533. The Morgan fingerprint density at radius 2 is 1.81 bits per heavy atom. The number of anilines is 1. The Morgan fingerprint density at radius 1 is 1.19 bits per heavy atom. The maximum atomic E-state index is 12.0. The second kappa shape index (κ2) is 6.31. The number of esters is 1. The smallest absolute Gasteiger partial charge is 0.350 e. The lowest BCUT2D eigenvalue weighted by atomic mass is 10.0. The topological polar surface area (TPSA) is 52.3 Å². The Labute approximate surface area is 129 Å². The molecule has 0 amide bonds. The van der Waals surface area contributed by atoms with Crippen LogP contribution in [0.25, 0.3) is 10.4 Å². The van der Waals surface area contributed by atoms with Gasteiger partial charge in [0.2, 0.25) is 0 Å². The summed E-state index contributed by atoms with van der Waals surface area (Å²) in [4.78, 5) is 13.6. The Kier molecular flexibility index (Phi) is 4.68. The highest BCUT2D eigenvalue weighted by Gasteiger charge is 2.21. The maximum Gasteiger partial charge on any atom is 0.350 e. The highest BCUT2D eigenvalue weighted by atomic mass is 32.1. The molecule has 0 fully saturated rings. The summed E-state index contributed by atoms with van der Waals surface area (Å²) in [5.41, 5.74) is 11.3. The third-order valence-corrected chi connectivity index (χ3v) is 4.62. The van der Waals surface area contributed by atoms with E-state index in [0.717, 1.165) is 22.4 Å². The van der Waals surface area contributed by atoms with Crippen molar-refractivity contribution in [2.75, 3.05) is 12.3 Å². The van der Waals surface area contributed by atoms with Gasteiger partial charge < -0.3 is 10.5 Å². The minimum atomic E-state index is -0.328. The van der Waals surface area contributed by atoms with Gasteiger partial charge in [-0.2, -0.15) is 0 Å². The zero-order valence-electron chi connectivity index (χ0n) is 12.9. The molecule has 0 saturated carbocycles. The molecule has 1 heterocycles. The zero-order valence-corrected chi connectivity index (χ0v) is 13.8. The molecule has 1 aromatic carbocycles. The molecule has 2 rings (SSSR count). The van der Waals surface area contributed by atoms with Crippen LogP contribution in [0.2, 0.25) is 0 Å². The third-order valence-electron chi connectivity index (χ3n) is 3.35. The highest BCUT2D eigenvalue weighted by molar-refractivity contribution is 7.18. The van der Waals surface area contributed by atoms with Crippen molar-refractivity contribution in [3.8, 4) is 10.4 Å². The van der Waals surface area contributed by atoms with Crippen LogP contribution in [0.5, 0.6) is 0 Å². The summed E-state index contributed by atoms with van der Waals surface area (Å²) in [6, 6.07) is 6.40. The second-order valence-corrected chi connectivity index (χ2v) is 6.12. The molecule has 0 aliphatic rings. The first kappa shape index (κ1) is 15.6. The van der Waals surface area contributed by atoms with Crippen molar-refractivity contribution in [3.63, 3.8) is 0 Å². The highest BCUT2D eigenvalue weighted by Crippen LogP contribution is 2.40. The predicted octanol–water partition coefficient (Wildman–Crippen LogP) is 4.35. The second-order valence-electron chi connectivity index (χ2n) is 5.10. The van der Waals surface area contributed by atoms with Crippen molar-refractivity contribution in [2.24, 2.45) is 0 Å². The Bertz CT molecular complexity index is 653. The minimum absolute atomic E-state index is 0.328. The number of carbonyl (C=O) groups excluding carboxylic acids is 1. The molecular weight excluding hydrogens is 282 g/mol. The molecule has 2 aromatic rings. The molecule has 112 valence electrons. The molecule has 0 aliphatic carbocycles. The molecule has 0 bridgehead atoms. The van der Waals surface area contributed by atoms with Crippen LogP contribution in [0, 0.1) is 13.8 Å². The molecule has 0 radical (unpaired) electrons. The van der Waals surface area contributed by atoms with E-state index in [-0.39, 0.29) is 5.97 Å². The molecule has 0 unspecified atom stereocenters. The first-order chi connectivity index (χ1) is 9.97. The van der Waals surface area contributed by atoms with Gasteiger partial charge in [0.25, 0.3) is 0 Å². The number of carbonyl (C=O) groups is 1. The van der Waals surface area contributed by atoms with Crippen LogP contribution in [0.4, 0.5) is 5.69 Å². The van der Waals surface area contributed by atoms with Crippen LogP contribution in [-0.4, -0.2) is 12.6 Å². The van der Waals surface area contributed by atoms with Gasteiger partial charge in [-0.1, -0.05) is 36.2 Å². The number of ether oxygens (including phenoxy) is 1. The van der Waals surface area contributed by atoms with Crippen LogP contribution in [-0.2, 0) is 11.2 Å². The van der Waals surface area contributed by atoms with E-state index in [1.807, 2.05) is 0 Å². The fraction of sp³-hybridized carbons (Fsp3) is 0.353. The van der Waals surface area contributed by atoms with Crippen LogP contribution < -0.4 is 5.73 Å². The monoisotopic (exact) mass is 303 g/mol. The average molecular weight is 303 g/mol. The summed E-state index contributed by atoms with van der Waals surface area (Å²) < 4.78 is 5.10. The van der Waals surface area contributed by atoms with Gasteiger partial charge in [0.1, 0.15) is 4.88 Å². The molecule has 0 aliphatic heterocycles. The number of hydrogen-bond acceptors (Lipinski definition) is 4. The Balaban J connectivity index is 2.58. The largest absolute Gasteiger partial charge is 0.462 e. The van der Waals surface area contributed by atoms with Gasteiger partial charge in [-0.3, -0.25) is 0 Å². The molecular formula is C17H21NO2S. The average Bonchev–Trinajstić information content (AvgIpc) is 2.75. The number of benzene rings is 1. The van der Waals surface area contributed by atoms with Crippen LogP contribution in [0.1, 0.15) is 40.2 Å². The molecule has 4 heteroatoms. The Morgan fingerprint density at radius 3 is 2.33 bits per heavy atom. The third kappa shape index (κ3) is 3.10. The fourth-order valence-electron chi connectivity index (χ4n) is 2.52. The summed E-state index contributed by atoms with van der Waals surface area (Å²) in [5, 5.41) is 0. The molecule has 21 heavy (non-hydrogen) atoms. The van der Waals surface area contributed by atoms with E-state index in [9.17, 15) is 4.79 Å². The molecule has 3 nitrogen and oxygen atoms in total. The summed E-state index contributed by atoms with van der Waals surface area (Å²) >= 11 is 1.43. The van der Waals surface area contributed by atoms with E-state index >= 15 is 0 Å². The molecule has 0 spiro atoms. The standard InChI is InChI=1S/C17H21NO2S/c1-5-13-14(18)16(17(19)20-6-2)21-15(13)12-8-10(3)7-11(4)9-12/h7-9H,5-6,18H2,1-4H3. The van der Waals surface area contributed by atoms with E-state index in [2.05, 4.69) is 39.0 Å². The van der Waals surface area contributed by atoms with Crippen molar-refractivity contribution in [2.45, 2.75) is 34.1 Å². The molecule has 0 atom stereocenters. The summed E-state index contributed by atoms with van der Waals surface area (Å²) in [7, 11) is 0. The number of nitrogen functional groups attached to an aromatic ring is 1. The van der Waals surface area contributed by atoms with E-state index in [1.165, 1.54) is 22.5 Å². The van der Waals surface area contributed by atoms with Crippen LogP contribution in [0.3, 0.4) is 0 Å². The normalized spacial score (nSPS) is 10.7. The first-order valence-electron chi connectivity index (χ1n) is 7.14. The number of aryl methyl sites for hydroxylation is 2. The first-order valence-corrected chi connectivity index (χ1v) is 7.96. The van der Waals surface area contributed by atoms with Gasteiger partial charge in [0.15, 0.2) is 0 Å². The quantitative estimate of drug-likeness (QED) is 0.854. The van der Waals surface area contributed by atoms with E-state index in [1.54, 1.807) is 6.92 Å². The predicted molar refractivity (Wildman–Crippen MR) is 89.0 cm³/mol. The van der Waals surface area contributed by atoms with Gasteiger partial charge in [-0.15, -0.1) is 11.3 Å². The van der Waals surface area contributed by atoms with Gasteiger partial charge in [-0.05, 0) is 38.3 Å². The molecule has 0 saturated heterocycles. The van der Waals surface area contributed by atoms with Crippen molar-refractivity contribution < 1.29 is 9.53 Å². The van der Waals surface area contributed by atoms with Gasteiger partial charge in [-0.25, -0.2) is 4.79 Å². The van der Waals surface area contributed by atoms with E-state index < -0.39 is 0 Å². The number of nitrogens with two attached hydrogens (primary N) is 1. The summed E-state index contributed by atoms with van der Waals surface area (Å²) in [6.45, 7) is 8.36. The fourth-order valence-corrected chi connectivity index (χ4v) is 3.71. The van der Waals surface area contributed by atoms with E-state index in [0.29, 0.717) is 17.2 Å². The Hall–Kier alpha value is -1.81. The minimum Gasteiger partial charge on any atom is -0.462 e. The summed E-state index contributed by atoms with van der Waals surface area (Å²) in [5.74, 6) is -0.328. The summed E-state index contributed by atoms with van der Waals surface area (Å²) in [6.07, 6.45) is 0.796. The number of hydrogen-bond donors (Lipinski definition) is 1. The van der Waals surface area contributed by atoms with Crippen molar-refractivity contribution in [3.05, 3.63) is 39.8 Å². The SMILES string of the molecule is CCOC(=O)c1sc(-c2cc(C)cc(C)c2)c(CC)c1N. The van der Waals surface area contributed by atoms with Gasteiger partial charge >= 0.3 is 5.97 Å². The molecule has 2 N–H and O–H groups in total. The van der Waals surface area contributed by atoms with Crippen molar-refractivity contribution >= 4 is 23.0 Å². The maximum absolute atomic E-state index is 12.0.